The predicted octanol–water partition coefficient (Wildman–Crippen LogP) is 5.40. The molecule has 1 aromatic carbocycles. The number of imidazole rings is 1. The molecule has 0 saturated heterocycles. The Morgan fingerprint density at radius 1 is 1.14 bits per heavy atom. The van der Waals surface area contributed by atoms with Crippen LogP contribution in [-0.4, -0.2) is 37.1 Å². The normalized spacial score (nSPS) is 21.3. The molecule has 2 N–H and O–H groups in total. The van der Waals surface area contributed by atoms with Crippen molar-refractivity contribution in [3.8, 4) is 11.8 Å². The molecule has 0 atom stereocenters. The number of carboxylic acids is 1. The number of benzene rings is 1. The fourth-order valence-electron chi connectivity index (χ4n) is 5.23. The zero-order valence-electron chi connectivity index (χ0n) is 20.2. The second-order valence-electron chi connectivity index (χ2n) is 10.2. The summed E-state index contributed by atoms with van der Waals surface area (Å²) in [6.07, 6.45) is 7.14. The van der Waals surface area contributed by atoms with Crippen LogP contribution in [0.1, 0.15) is 91.5 Å². The smallest absolute Gasteiger partial charge is 0.306 e. The van der Waals surface area contributed by atoms with Gasteiger partial charge in [0.1, 0.15) is 17.0 Å². The SMILES string of the molecule is Cc1ccc(Cn2c(Cl)nc(C#CC3(O)CCCC3)c2C(=O)CCC2CCC(C(=O)O)CC2)cc1. The second kappa shape index (κ2) is 11.0. The van der Waals surface area contributed by atoms with Crippen LogP contribution >= 0.6 is 11.6 Å². The highest BCUT2D eigenvalue weighted by Crippen LogP contribution is 2.33. The number of ketones is 1. The minimum atomic E-state index is -1.03. The average Bonchev–Trinajstić information content (AvgIpc) is 3.41. The molecule has 0 radical (unpaired) electrons. The van der Waals surface area contributed by atoms with Crippen LogP contribution < -0.4 is 0 Å². The number of carbonyl (C=O) groups is 2. The number of aryl methyl sites for hydroxylation is 1. The van der Waals surface area contributed by atoms with Gasteiger partial charge in [-0.3, -0.25) is 9.59 Å². The molecule has 7 heteroatoms. The van der Waals surface area contributed by atoms with Gasteiger partial charge in [-0.25, -0.2) is 4.98 Å². The Morgan fingerprint density at radius 3 is 2.43 bits per heavy atom. The minimum absolute atomic E-state index is 0.0698. The van der Waals surface area contributed by atoms with Crippen LogP contribution in [0.5, 0.6) is 0 Å². The number of aliphatic carboxylic acids is 1. The number of hydrogen-bond acceptors (Lipinski definition) is 4. The topological polar surface area (TPSA) is 92.4 Å². The monoisotopic (exact) mass is 496 g/mol. The van der Waals surface area contributed by atoms with Crippen LogP contribution in [0.25, 0.3) is 0 Å². The summed E-state index contributed by atoms with van der Waals surface area (Å²) >= 11 is 6.51. The van der Waals surface area contributed by atoms with Crippen molar-refractivity contribution in [2.75, 3.05) is 0 Å². The highest BCUT2D eigenvalue weighted by molar-refractivity contribution is 6.29. The van der Waals surface area contributed by atoms with Gasteiger partial charge in [0, 0.05) is 6.42 Å². The molecule has 0 amide bonds. The van der Waals surface area contributed by atoms with E-state index in [2.05, 4.69) is 16.8 Å². The number of nitrogens with zero attached hydrogens (tertiary/aromatic N) is 2. The van der Waals surface area contributed by atoms with Crippen LogP contribution in [0.3, 0.4) is 0 Å². The standard InChI is InChI=1S/C28H33ClN2O4/c1-19-4-6-21(7-5-19)18-31-25(23(30-27(31)29)14-17-28(35)15-2-3-16-28)24(32)13-10-20-8-11-22(12-9-20)26(33)34/h4-7,20,22,35H,2-3,8-13,15-16,18H2,1H3,(H,33,34). The summed E-state index contributed by atoms with van der Waals surface area (Å²) in [5.41, 5.74) is 1.84. The van der Waals surface area contributed by atoms with Crippen molar-refractivity contribution in [2.24, 2.45) is 11.8 Å². The molecule has 2 aliphatic carbocycles. The Balaban J connectivity index is 1.56. The molecule has 35 heavy (non-hydrogen) atoms. The van der Waals surface area contributed by atoms with Gasteiger partial charge in [0.15, 0.2) is 5.78 Å². The fourth-order valence-corrected chi connectivity index (χ4v) is 5.46. The van der Waals surface area contributed by atoms with Crippen LogP contribution in [0.2, 0.25) is 5.28 Å². The first-order chi connectivity index (χ1) is 16.7. The molecule has 0 bridgehead atoms. The van der Waals surface area contributed by atoms with Gasteiger partial charge in [0.2, 0.25) is 5.28 Å². The van der Waals surface area contributed by atoms with Gasteiger partial charge in [-0.05, 0) is 93.7 Å². The van der Waals surface area contributed by atoms with Crippen molar-refractivity contribution < 1.29 is 19.8 Å². The van der Waals surface area contributed by atoms with Gasteiger partial charge >= 0.3 is 5.97 Å². The van der Waals surface area contributed by atoms with Gasteiger partial charge < -0.3 is 14.8 Å². The maximum absolute atomic E-state index is 13.5. The summed E-state index contributed by atoms with van der Waals surface area (Å²) in [4.78, 5) is 29.1. The quantitative estimate of drug-likeness (QED) is 0.395. The summed E-state index contributed by atoms with van der Waals surface area (Å²) in [6.45, 7) is 2.43. The molecule has 1 heterocycles. The first-order valence-corrected chi connectivity index (χ1v) is 12.9. The predicted molar refractivity (Wildman–Crippen MR) is 134 cm³/mol. The van der Waals surface area contributed by atoms with E-state index in [1.807, 2.05) is 31.2 Å². The third kappa shape index (κ3) is 6.34. The molecule has 2 aromatic rings. The molecular formula is C28H33ClN2O4. The van der Waals surface area contributed by atoms with E-state index >= 15 is 0 Å². The largest absolute Gasteiger partial charge is 0.481 e. The number of carbonyl (C=O) groups excluding carboxylic acids is 1. The lowest BCUT2D eigenvalue weighted by atomic mass is 9.79. The Kier molecular flexibility index (Phi) is 7.98. The molecule has 0 unspecified atom stereocenters. The van der Waals surface area contributed by atoms with Crippen LogP contribution in [0.4, 0.5) is 0 Å². The molecule has 0 aliphatic heterocycles. The number of aromatic nitrogens is 2. The number of aliphatic hydroxyl groups is 1. The molecule has 2 saturated carbocycles. The van der Waals surface area contributed by atoms with Crippen molar-refractivity contribution in [3.63, 3.8) is 0 Å². The molecule has 186 valence electrons. The molecule has 0 spiro atoms. The second-order valence-corrected chi connectivity index (χ2v) is 10.5. The van der Waals surface area contributed by atoms with E-state index in [1.54, 1.807) is 4.57 Å². The van der Waals surface area contributed by atoms with E-state index in [4.69, 9.17) is 11.6 Å². The first-order valence-electron chi connectivity index (χ1n) is 12.6. The number of rotatable bonds is 7. The molecule has 1 aromatic heterocycles. The lowest BCUT2D eigenvalue weighted by molar-refractivity contribution is -0.143. The Labute approximate surface area is 211 Å². The summed E-state index contributed by atoms with van der Waals surface area (Å²) < 4.78 is 1.72. The van der Waals surface area contributed by atoms with E-state index in [0.29, 0.717) is 62.4 Å². The van der Waals surface area contributed by atoms with E-state index < -0.39 is 11.6 Å². The van der Waals surface area contributed by atoms with Gasteiger partial charge in [-0.2, -0.15) is 0 Å². The molecule has 4 rings (SSSR count). The van der Waals surface area contributed by atoms with Gasteiger partial charge in [-0.15, -0.1) is 0 Å². The summed E-state index contributed by atoms with van der Waals surface area (Å²) in [5.74, 6) is 5.24. The van der Waals surface area contributed by atoms with E-state index in [9.17, 15) is 19.8 Å². The highest BCUT2D eigenvalue weighted by Gasteiger charge is 2.30. The van der Waals surface area contributed by atoms with E-state index in [0.717, 1.165) is 36.8 Å². The lowest BCUT2D eigenvalue weighted by Gasteiger charge is -2.25. The summed E-state index contributed by atoms with van der Waals surface area (Å²) in [6, 6.07) is 8.05. The first kappa shape index (κ1) is 25.5. The van der Waals surface area contributed by atoms with Gasteiger partial charge in [0.25, 0.3) is 0 Å². The van der Waals surface area contributed by atoms with Crippen molar-refractivity contribution in [3.05, 3.63) is 52.1 Å². The van der Waals surface area contributed by atoms with E-state index in [-0.39, 0.29) is 17.0 Å². The third-order valence-corrected chi connectivity index (χ3v) is 7.75. The van der Waals surface area contributed by atoms with Crippen molar-refractivity contribution >= 4 is 23.4 Å². The van der Waals surface area contributed by atoms with Crippen molar-refractivity contribution in [2.45, 2.75) is 83.3 Å². The number of Topliss-reactive ketones (excluding diaryl/α,β-unsaturated/α-hetero) is 1. The Bertz CT molecular complexity index is 1130. The molecule has 6 nitrogen and oxygen atoms in total. The van der Waals surface area contributed by atoms with E-state index in [1.165, 1.54) is 0 Å². The number of carboxylic acid groups (broad SMARTS) is 1. The number of halogens is 1. The minimum Gasteiger partial charge on any atom is -0.481 e. The third-order valence-electron chi connectivity index (χ3n) is 7.47. The maximum atomic E-state index is 13.5. The van der Waals surface area contributed by atoms with Gasteiger partial charge in [-0.1, -0.05) is 35.7 Å². The highest BCUT2D eigenvalue weighted by atomic mass is 35.5. The maximum Gasteiger partial charge on any atom is 0.306 e. The zero-order valence-corrected chi connectivity index (χ0v) is 21.0. The zero-order chi connectivity index (χ0) is 25.0. The van der Waals surface area contributed by atoms with Crippen LogP contribution in [0, 0.1) is 30.6 Å². The number of hydrogen-bond donors (Lipinski definition) is 2. The van der Waals surface area contributed by atoms with Crippen molar-refractivity contribution in [1.82, 2.24) is 9.55 Å². The molecule has 2 fully saturated rings. The van der Waals surface area contributed by atoms with Crippen molar-refractivity contribution in [1.29, 1.82) is 0 Å². The Hall–Kier alpha value is -2.62. The average molecular weight is 497 g/mol. The lowest BCUT2D eigenvalue weighted by Crippen LogP contribution is -2.22. The molecule has 2 aliphatic rings. The summed E-state index contributed by atoms with van der Waals surface area (Å²) in [7, 11) is 0. The fraction of sp³-hybridized carbons (Fsp3) is 0.536. The molecular weight excluding hydrogens is 464 g/mol. The Morgan fingerprint density at radius 2 is 1.80 bits per heavy atom. The van der Waals surface area contributed by atoms with Crippen LogP contribution in [0.15, 0.2) is 24.3 Å². The summed E-state index contributed by atoms with van der Waals surface area (Å²) in [5, 5.41) is 20.1. The van der Waals surface area contributed by atoms with Crippen LogP contribution in [-0.2, 0) is 11.3 Å². The van der Waals surface area contributed by atoms with Gasteiger partial charge in [0.05, 0.1) is 12.5 Å².